The second-order valence-electron chi connectivity index (χ2n) is 4.67. The first-order chi connectivity index (χ1) is 8.77. The van der Waals surface area contributed by atoms with Crippen molar-refractivity contribution < 1.29 is 17.9 Å². The largest absolute Gasteiger partial charge is 0.399 e. The molecule has 5 nitrogen and oxygen atoms in total. The van der Waals surface area contributed by atoms with Crippen molar-refractivity contribution in [2.75, 3.05) is 12.3 Å². The fourth-order valence-corrected chi connectivity index (χ4v) is 3.14. The number of hydrogen-bond donors (Lipinski definition) is 3. The van der Waals surface area contributed by atoms with E-state index in [0.29, 0.717) is 0 Å². The van der Waals surface area contributed by atoms with Crippen LogP contribution in [0.4, 0.5) is 10.1 Å². The maximum atomic E-state index is 13.6. The molecule has 0 bridgehead atoms. The van der Waals surface area contributed by atoms with E-state index in [1.807, 2.05) is 13.8 Å². The minimum Gasteiger partial charge on any atom is -0.399 e. The van der Waals surface area contributed by atoms with Crippen LogP contribution >= 0.6 is 0 Å². The number of nitrogen functional groups attached to an aromatic ring is 1. The van der Waals surface area contributed by atoms with Crippen LogP contribution in [0, 0.1) is 11.7 Å². The molecule has 1 rings (SSSR count). The molecule has 19 heavy (non-hydrogen) atoms. The maximum absolute atomic E-state index is 13.6. The predicted molar refractivity (Wildman–Crippen MR) is 71.5 cm³/mol. The highest BCUT2D eigenvalue weighted by Gasteiger charge is 2.24. The zero-order valence-corrected chi connectivity index (χ0v) is 11.7. The Bertz CT molecular complexity index is 532. The number of aliphatic hydroxyl groups is 1. The summed E-state index contributed by atoms with van der Waals surface area (Å²) in [5.41, 5.74) is 5.54. The van der Waals surface area contributed by atoms with Gasteiger partial charge in [-0.3, -0.25) is 0 Å². The smallest absolute Gasteiger partial charge is 0.243 e. The van der Waals surface area contributed by atoms with E-state index in [1.54, 1.807) is 0 Å². The van der Waals surface area contributed by atoms with Crippen molar-refractivity contribution in [1.82, 2.24) is 4.72 Å². The normalized spacial score (nSPS) is 13.7. The molecule has 0 aliphatic rings. The van der Waals surface area contributed by atoms with E-state index in [2.05, 4.69) is 4.72 Å². The molecule has 1 aromatic carbocycles. The fourth-order valence-electron chi connectivity index (χ4n) is 1.67. The van der Waals surface area contributed by atoms with Crippen molar-refractivity contribution in [2.45, 2.75) is 31.2 Å². The van der Waals surface area contributed by atoms with Crippen molar-refractivity contribution in [3.8, 4) is 0 Å². The Hall–Kier alpha value is -1.18. The number of hydrogen-bond acceptors (Lipinski definition) is 4. The maximum Gasteiger partial charge on any atom is 0.243 e. The molecule has 0 aromatic heterocycles. The van der Waals surface area contributed by atoms with Gasteiger partial charge >= 0.3 is 0 Å². The van der Waals surface area contributed by atoms with Gasteiger partial charge in [0.15, 0.2) is 0 Å². The quantitative estimate of drug-likeness (QED) is 0.684. The van der Waals surface area contributed by atoms with E-state index in [1.165, 1.54) is 6.07 Å². The predicted octanol–water partition coefficient (Wildman–Crippen LogP) is 1.09. The highest BCUT2D eigenvalue weighted by molar-refractivity contribution is 7.89. The number of halogens is 1. The first-order valence-corrected chi connectivity index (χ1v) is 7.44. The van der Waals surface area contributed by atoms with Gasteiger partial charge in [0.05, 0.1) is 0 Å². The highest BCUT2D eigenvalue weighted by Crippen LogP contribution is 2.19. The van der Waals surface area contributed by atoms with Crippen LogP contribution in [0.15, 0.2) is 23.1 Å². The van der Waals surface area contributed by atoms with E-state index < -0.39 is 26.8 Å². The number of benzene rings is 1. The molecule has 0 saturated carbocycles. The van der Waals surface area contributed by atoms with E-state index in [0.717, 1.165) is 12.1 Å². The topological polar surface area (TPSA) is 92.4 Å². The van der Waals surface area contributed by atoms with Crippen LogP contribution in [-0.2, 0) is 10.0 Å². The number of anilines is 1. The molecule has 0 radical (unpaired) electrons. The lowest BCUT2D eigenvalue weighted by Crippen LogP contribution is -2.39. The van der Waals surface area contributed by atoms with Gasteiger partial charge in [-0.1, -0.05) is 13.8 Å². The summed E-state index contributed by atoms with van der Waals surface area (Å²) < 4.78 is 40.2. The molecular weight excluding hydrogens is 271 g/mol. The van der Waals surface area contributed by atoms with Gasteiger partial charge < -0.3 is 10.8 Å². The second kappa shape index (κ2) is 6.31. The molecule has 1 aromatic rings. The number of nitrogens with two attached hydrogens (primary N) is 1. The summed E-state index contributed by atoms with van der Waals surface area (Å²) >= 11 is 0. The molecule has 7 heteroatoms. The minimum atomic E-state index is -3.97. The second-order valence-corrected chi connectivity index (χ2v) is 6.36. The van der Waals surface area contributed by atoms with E-state index in [9.17, 15) is 12.8 Å². The van der Waals surface area contributed by atoms with E-state index >= 15 is 0 Å². The van der Waals surface area contributed by atoms with Crippen molar-refractivity contribution in [2.24, 2.45) is 5.92 Å². The molecule has 1 atom stereocenters. The molecule has 0 spiro atoms. The summed E-state index contributed by atoms with van der Waals surface area (Å²) in [6, 6.07) is 2.97. The van der Waals surface area contributed by atoms with Gasteiger partial charge in [0, 0.05) is 18.3 Å². The highest BCUT2D eigenvalue weighted by atomic mass is 32.2. The summed E-state index contributed by atoms with van der Waals surface area (Å²) in [5, 5.41) is 8.92. The summed E-state index contributed by atoms with van der Waals surface area (Å²) in [5.74, 6) is -0.905. The Kier molecular flexibility index (Phi) is 5.28. The third kappa shape index (κ3) is 4.15. The van der Waals surface area contributed by atoms with Crippen molar-refractivity contribution in [3.05, 3.63) is 24.0 Å². The molecule has 0 amide bonds. The molecule has 4 N–H and O–H groups in total. The molecule has 0 fully saturated rings. The first-order valence-electron chi connectivity index (χ1n) is 5.96. The summed E-state index contributed by atoms with van der Waals surface area (Å²) in [7, 11) is -3.97. The van der Waals surface area contributed by atoms with Gasteiger partial charge in [0.1, 0.15) is 10.7 Å². The van der Waals surface area contributed by atoms with E-state index in [4.69, 9.17) is 10.8 Å². The zero-order valence-electron chi connectivity index (χ0n) is 10.9. The number of sulfonamides is 1. The van der Waals surface area contributed by atoms with Crippen LogP contribution in [0.5, 0.6) is 0 Å². The molecule has 1 unspecified atom stereocenters. The summed E-state index contributed by atoms with van der Waals surface area (Å²) in [6.45, 7) is 3.50. The Balaban J connectivity index is 3.03. The van der Waals surface area contributed by atoms with Gasteiger partial charge in [0.25, 0.3) is 0 Å². The molecular formula is C12H19FN2O3S. The Morgan fingerprint density at radius 1 is 1.42 bits per heavy atom. The van der Waals surface area contributed by atoms with Crippen LogP contribution < -0.4 is 10.5 Å². The lowest BCUT2D eigenvalue weighted by atomic mass is 10.0. The van der Waals surface area contributed by atoms with Crippen LogP contribution in [-0.4, -0.2) is 26.2 Å². The minimum absolute atomic E-state index is 0.0150. The van der Waals surface area contributed by atoms with Gasteiger partial charge in [-0.2, -0.15) is 0 Å². The van der Waals surface area contributed by atoms with Crippen LogP contribution in [0.2, 0.25) is 0 Å². The van der Waals surface area contributed by atoms with Gasteiger partial charge in [-0.15, -0.1) is 0 Å². The van der Waals surface area contributed by atoms with Crippen LogP contribution in [0.1, 0.15) is 20.3 Å². The first kappa shape index (κ1) is 15.9. The number of rotatable bonds is 6. The summed E-state index contributed by atoms with van der Waals surface area (Å²) in [6.07, 6.45) is 0.271. The molecule has 108 valence electrons. The lowest BCUT2D eigenvalue weighted by molar-refractivity contribution is 0.256. The number of nitrogens with one attached hydrogen (secondary N) is 1. The van der Waals surface area contributed by atoms with Gasteiger partial charge in [-0.25, -0.2) is 17.5 Å². The average Bonchev–Trinajstić information content (AvgIpc) is 2.27. The zero-order chi connectivity index (χ0) is 14.6. The van der Waals surface area contributed by atoms with Crippen LogP contribution in [0.25, 0.3) is 0 Å². The molecule has 0 aliphatic carbocycles. The standard InChI is InChI=1S/C12H19FN2O3S/c1-8(2)11(5-6-16)15-19(17,18)12-4-3-9(14)7-10(12)13/h3-4,7-8,11,15-16H,5-6,14H2,1-2H3. The van der Waals surface area contributed by atoms with Crippen molar-refractivity contribution in [3.63, 3.8) is 0 Å². The summed E-state index contributed by atoms with van der Waals surface area (Å²) in [4.78, 5) is -0.440. The Morgan fingerprint density at radius 2 is 2.05 bits per heavy atom. The fraction of sp³-hybridized carbons (Fsp3) is 0.500. The molecule has 0 heterocycles. The van der Waals surface area contributed by atoms with Gasteiger partial charge in [-0.05, 0) is 30.5 Å². The third-order valence-electron chi connectivity index (χ3n) is 2.80. The SMILES string of the molecule is CC(C)C(CCO)NS(=O)(=O)c1ccc(N)cc1F. The molecule has 0 aliphatic heterocycles. The molecule has 0 saturated heterocycles. The van der Waals surface area contributed by atoms with Gasteiger partial charge in [0.2, 0.25) is 10.0 Å². The Labute approximate surface area is 112 Å². The third-order valence-corrected chi connectivity index (χ3v) is 4.32. The monoisotopic (exact) mass is 290 g/mol. The Morgan fingerprint density at radius 3 is 2.53 bits per heavy atom. The van der Waals surface area contributed by atoms with Crippen LogP contribution in [0.3, 0.4) is 0 Å². The van der Waals surface area contributed by atoms with Crippen molar-refractivity contribution in [1.29, 1.82) is 0 Å². The van der Waals surface area contributed by atoms with E-state index in [-0.39, 0.29) is 24.6 Å². The lowest BCUT2D eigenvalue weighted by Gasteiger charge is -2.21. The average molecular weight is 290 g/mol. The number of aliphatic hydroxyl groups excluding tert-OH is 1. The van der Waals surface area contributed by atoms with Crippen molar-refractivity contribution >= 4 is 15.7 Å².